The Balaban J connectivity index is 1.85. The molecule has 2 heterocycles. The van der Waals surface area contributed by atoms with Gasteiger partial charge in [0.25, 0.3) is 0 Å². The molecular weight excluding hydrogens is 330 g/mol. The van der Waals surface area contributed by atoms with Gasteiger partial charge in [-0.3, -0.25) is 4.90 Å². The molecule has 2 aliphatic heterocycles. The Kier molecular flexibility index (Phi) is 7.31. The number of rotatable bonds is 7. The molecule has 2 atom stereocenters. The highest BCUT2D eigenvalue weighted by molar-refractivity contribution is 7.91. The van der Waals surface area contributed by atoms with Gasteiger partial charge in [0, 0.05) is 31.7 Å². The molecule has 0 aromatic carbocycles. The number of hydrogen-bond donors (Lipinski definition) is 2. The van der Waals surface area contributed by atoms with Crippen LogP contribution < -0.4 is 10.6 Å². The summed E-state index contributed by atoms with van der Waals surface area (Å²) in [6.45, 7) is 8.22. The molecule has 0 spiro atoms. The van der Waals surface area contributed by atoms with Crippen LogP contribution in [-0.4, -0.2) is 75.8 Å². The van der Waals surface area contributed by atoms with Gasteiger partial charge in [0.05, 0.1) is 24.7 Å². The number of hydrogen-bond acceptors (Lipinski definition) is 5. The summed E-state index contributed by atoms with van der Waals surface area (Å²) in [6.07, 6.45) is 2.65. The minimum absolute atomic E-state index is 0.0554. The van der Waals surface area contributed by atoms with E-state index in [-0.39, 0.29) is 23.6 Å². The maximum Gasteiger partial charge on any atom is 0.315 e. The lowest BCUT2D eigenvalue weighted by atomic mass is 9.92. The van der Waals surface area contributed by atoms with Crippen molar-refractivity contribution in [1.82, 2.24) is 15.5 Å². The summed E-state index contributed by atoms with van der Waals surface area (Å²) in [6, 6.07) is -0.228. The van der Waals surface area contributed by atoms with Gasteiger partial charge in [0.15, 0.2) is 9.84 Å². The smallest absolute Gasteiger partial charge is 0.315 e. The summed E-state index contributed by atoms with van der Waals surface area (Å²) in [4.78, 5) is 14.5. The molecule has 2 rings (SSSR count). The molecule has 7 nitrogen and oxygen atoms in total. The molecule has 0 radical (unpaired) electrons. The van der Waals surface area contributed by atoms with E-state index in [1.165, 1.54) is 0 Å². The van der Waals surface area contributed by atoms with Gasteiger partial charge in [0.1, 0.15) is 0 Å². The molecule has 0 aliphatic carbocycles. The molecular formula is C16H31N3O4S. The van der Waals surface area contributed by atoms with Crippen LogP contribution in [0.4, 0.5) is 4.79 Å². The molecule has 24 heavy (non-hydrogen) atoms. The van der Waals surface area contributed by atoms with Crippen LogP contribution in [0.25, 0.3) is 0 Å². The third-order valence-corrected chi connectivity index (χ3v) is 6.91. The molecule has 2 amide bonds. The van der Waals surface area contributed by atoms with E-state index in [4.69, 9.17) is 4.74 Å². The van der Waals surface area contributed by atoms with Gasteiger partial charge in [-0.15, -0.1) is 0 Å². The van der Waals surface area contributed by atoms with E-state index in [9.17, 15) is 13.2 Å². The number of nitrogens with zero attached hydrogens (tertiary/aromatic N) is 1. The number of urea groups is 1. The van der Waals surface area contributed by atoms with Crippen molar-refractivity contribution in [2.24, 2.45) is 5.92 Å². The lowest BCUT2D eigenvalue weighted by Gasteiger charge is -2.38. The van der Waals surface area contributed by atoms with Crippen molar-refractivity contribution in [3.8, 4) is 0 Å². The van der Waals surface area contributed by atoms with Gasteiger partial charge in [-0.1, -0.05) is 26.7 Å². The predicted molar refractivity (Wildman–Crippen MR) is 93.8 cm³/mol. The molecule has 0 aromatic rings. The summed E-state index contributed by atoms with van der Waals surface area (Å²) < 4.78 is 28.4. The SMILES string of the molecule is CCC(CC)[C@H](CNC(=O)N[C@@H]1CCS(=O)(=O)C1)N1CCOCC1. The van der Waals surface area contributed by atoms with Crippen LogP contribution in [0.5, 0.6) is 0 Å². The average molecular weight is 362 g/mol. The van der Waals surface area contributed by atoms with Crippen molar-refractivity contribution in [2.45, 2.75) is 45.2 Å². The Morgan fingerprint density at radius 1 is 1.25 bits per heavy atom. The number of sulfone groups is 1. The van der Waals surface area contributed by atoms with E-state index < -0.39 is 9.84 Å². The molecule has 0 saturated carbocycles. The molecule has 140 valence electrons. The highest BCUT2D eigenvalue weighted by atomic mass is 32.2. The fourth-order valence-electron chi connectivity index (χ4n) is 3.68. The third kappa shape index (κ3) is 5.60. The molecule has 2 aliphatic rings. The van der Waals surface area contributed by atoms with Gasteiger partial charge in [-0.25, -0.2) is 13.2 Å². The van der Waals surface area contributed by atoms with Crippen molar-refractivity contribution in [3.05, 3.63) is 0 Å². The number of nitrogens with one attached hydrogen (secondary N) is 2. The molecule has 2 N–H and O–H groups in total. The van der Waals surface area contributed by atoms with E-state index in [0.717, 1.165) is 39.1 Å². The molecule has 0 unspecified atom stereocenters. The maximum atomic E-state index is 12.1. The first-order valence-corrected chi connectivity index (χ1v) is 10.8. The molecule has 2 saturated heterocycles. The number of ether oxygens (including phenoxy) is 1. The van der Waals surface area contributed by atoms with Crippen LogP contribution in [0.15, 0.2) is 0 Å². The Morgan fingerprint density at radius 3 is 2.46 bits per heavy atom. The zero-order valence-electron chi connectivity index (χ0n) is 14.8. The van der Waals surface area contributed by atoms with Crippen molar-refractivity contribution < 1.29 is 17.9 Å². The van der Waals surface area contributed by atoms with Crippen molar-refractivity contribution in [1.29, 1.82) is 0 Å². The Bertz CT molecular complexity index is 501. The van der Waals surface area contributed by atoms with Crippen molar-refractivity contribution in [3.63, 3.8) is 0 Å². The van der Waals surface area contributed by atoms with E-state index in [1.54, 1.807) is 0 Å². The first kappa shape index (κ1) is 19.5. The summed E-state index contributed by atoms with van der Waals surface area (Å²) in [5.74, 6) is 0.748. The quantitative estimate of drug-likeness (QED) is 0.694. The second-order valence-corrected chi connectivity index (χ2v) is 8.98. The van der Waals surface area contributed by atoms with Gasteiger partial charge in [-0.2, -0.15) is 0 Å². The number of carbonyl (C=O) groups excluding carboxylic acids is 1. The second kappa shape index (κ2) is 9.01. The predicted octanol–water partition coefficient (Wildman–Crippen LogP) is 0.610. The average Bonchev–Trinajstić information content (AvgIpc) is 2.90. The van der Waals surface area contributed by atoms with Gasteiger partial charge >= 0.3 is 6.03 Å². The summed E-state index contributed by atoms with van der Waals surface area (Å²) >= 11 is 0. The highest BCUT2D eigenvalue weighted by Crippen LogP contribution is 2.19. The Labute approximate surface area is 145 Å². The lowest BCUT2D eigenvalue weighted by Crippen LogP contribution is -2.53. The van der Waals surface area contributed by atoms with Crippen LogP contribution in [0.3, 0.4) is 0 Å². The fraction of sp³-hybridized carbons (Fsp3) is 0.938. The minimum atomic E-state index is -2.98. The largest absolute Gasteiger partial charge is 0.379 e. The summed E-state index contributed by atoms with van der Waals surface area (Å²) in [7, 11) is -2.98. The van der Waals surface area contributed by atoms with E-state index in [2.05, 4.69) is 29.4 Å². The lowest BCUT2D eigenvalue weighted by molar-refractivity contribution is 0.00236. The van der Waals surface area contributed by atoms with Crippen molar-refractivity contribution in [2.75, 3.05) is 44.4 Å². The van der Waals surface area contributed by atoms with Crippen LogP contribution in [-0.2, 0) is 14.6 Å². The Hall–Kier alpha value is -0.860. The molecule has 8 heteroatoms. The standard InChI is InChI=1S/C16H31N3O4S/c1-3-13(4-2)15(19-6-8-23-9-7-19)11-17-16(20)18-14-5-10-24(21,22)12-14/h13-15H,3-12H2,1-2H3,(H2,17,18,20)/t14-,15+/m1/s1. The zero-order valence-corrected chi connectivity index (χ0v) is 15.6. The topological polar surface area (TPSA) is 87.7 Å². The van der Waals surface area contributed by atoms with E-state index in [0.29, 0.717) is 24.9 Å². The summed E-state index contributed by atoms with van der Waals surface area (Å²) in [5.41, 5.74) is 0. The highest BCUT2D eigenvalue weighted by Gasteiger charge is 2.30. The number of morpholine rings is 1. The minimum Gasteiger partial charge on any atom is -0.379 e. The van der Waals surface area contributed by atoms with E-state index >= 15 is 0 Å². The van der Waals surface area contributed by atoms with Gasteiger partial charge < -0.3 is 15.4 Å². The fourth-order valence-corrected chi connectivity index (χ4v) is 5.35. The number of carbonyl (C=O) groups is 1. The van der Waals surface area contributed by atoms with Gasteiger partial charge in [-0.05, 0) is 12.3 Å². The first-order valence-electron chi connectivity index (χ1n) is 9.01. The monoisotopic (exact) mass is 361 g/mol. The van der Waals surface area contributed by atoms with Crippen LogP contribution >= 0.6 is 0 Å². The van der Waals surface area contributed by atoms with Crippen LogP contribution in [0.1, 0.15) is 33.1 Å². The normalized spacial score (nSPS) is 25.5. The molecule has 2 fully saturated rings. The Morgan fingerprint density at radius 2 is 1.92 bits per heavy atom. The van der Waals surface area contributed by atoms with Gasteiger partial charge in [0.2, 0.25) is 0 Å². The maximum absolute atomic E-state index is 12.1. The van der Waals surface area contributed by atoms with Crippen molar-refractivity contribution >= 4 is 15.9 Å². The molecule has 0 bridgehead atoms. The molecule has 0 aromatic heterocycles. The van der Waals surface area contributed by atoms with Crippen LogP contribution in [0.2, 0.25) is 0 Å². The van der Waals surface area contributed by atoms with Crippen LogP contribution in [0, 0.1) is 5.92 Å². The summed E-state index contributed by atoms with van der Waals surface area (Å²) in [5, 5.41) is 5.75. The number of amides is 2. The van der Waals surface area contributed by atoms with E-state index in [1.807, 2.05) is 0 Å². The third-order valence-electron chi connectivity index (χ3n) is 5.15. The second-order valence-electron chi connectivity index (χ2n) is 6.75. The zero-order chi connectivity index (χ0) is 17.6. The first-order chi connectivity index (χ1) is 11.4.